The highest BCUT2D eigenvalue weighted by Crippen LogP contribution is 2.29. The van der Waals surface area contributed by atoms with E-state index in [1.807, 2.05) is 78.2 Å². The van der Waals surface area contributed by atoms with Crippen molar-refractivity contribution in [3.8, 4) is 11.3 Å². The van der Waals surface area contributed by atoms with Gasteiger partial charge in [-0.05, 0) is 42.3 Å². The lowest BCUT2D eigenvalue weighted by Crippen LogP contribution is -2.23. The van der Waals surface area contributed by atoms with Gasteiger partial charge in [0.1, 0.15) is 6.04 Å². The van der Waals surface area contributed by atoms with E-state index in [9.17, 15) is 9.90 Å². The van der Waals surface area contributed by atoms with Crippen LogP contribution in [0.5, 0.6) is 0 Å². The largest absolute Gasteiger partial charge is 0.480 e. The van der Waals surface area contributed by atoms with Crippen LogP contribution in [0, 0.1) is 6.92 Å². The first-order valence-electron chi connectivity index (χ1n) is 7.77. The van der Waals surface area contributed by atoms with Gasteiger partial charge in [0.05, 0.1) is 0 Å². The Bertz CT molecular complexity index is 838. The second-order valence-corrected chi connectivity index (χ2v) is 6.70. The molecule has 0 saturated heterocycles. The first-order valence-corrected chi connectivity index (χ1v) is 8.56. The number of rotatable bonds is 5. The van der Waals surface area contributed by atoms with Gasteiger partial charge < -0.3 is 9.67 Å². The normalized spacial score (nSPS) is 12.1. The monoisotopic (exact) mass is 383 g/mol. The van der Waals surface area contributed by atoms with Crippen molar-refractivity contribution in [1.82, 2.24) is 4.57 Å². The molecule has 1 heterocycles. The molecule has 0 aliphatic rings. The van der Waals surface area contributed by atoms with Crippen LogP contribution in [0.25, 0.3) is 11.3 Å². The average Bonchev–Trinajstić information content (AvgIpc) is 2.95. The van der Waals surface area contributed by atoms with Gasteiger partial charge in [0.2, 0.25) is 0 Å². The van der Waals surface area contributed by atoms with E-state index in [4.69, 9.17) is 0 Å². The number of aryl methyl sites for hydroxylation is 1. The Morgan fingerprint density at radius 1 is 1.04 bits per heavy atom. The molecule has 4 heteroatoms. The molecule has 0 radical (unpaired) electrons. The van der Waals surface area contributed by atoms with Crippen molar-refractivity contribution < 1.29 is 9.90 Å². The van der Waals surface area contributed by atoms with Gasteiger partial charge in [0.15, 0.2) is 0 Å². The second kappa shape index (κ2) is 7.05. The highest BCUT2D eigenvalue weighted by atomic mass is 79.9. The van der Waals surface area contributed by atoms with Crippen LogP contribution < -0.4 is 0 Å². The van der Waals surface area contributed by atoms with E-state index >= 15 is 0 Å². The highest BCUT2D eigenvalue weighted by molar-refractivity contribution is 9.10. The number of hydrogen-bond donors (Lipinski definition) is 1. The molecule has 1 aromatic heterocycles. The topological polar surface area (TPSA) is 42.2 Å². The molecule has 0 aliphatic carbocycles. The maximum atomic E-state index is 12.0. The third-order valence-electron chi connectivity index (χ3n) is 4.13. The molecule has 24 heavy (non-hydrogen) atoms. The second-order valence-electron chi connectivity index (χ2n) is 5.78. The van der Waals surface area contributed by atoms with Crippen LogP contribution >= 0.6 is 15.9 Å². The molecule has 3 aromatic rings. The molecule has 1 atom stereocenters. The van der Waals surface area contributed by atoms with E-state index in [0.29, 0.717) is 6.42 Å². The summed E-state index contributed by atoms with van der Waals surface area (Å²) < 4.78 is 2.92. The zero-order valence-electron chi connectivity index (χ0n) is 13.3. The van der Waals surface area contributed by atoms with Crippen molar-refractivity contribution in [3.05, 3.63) is 82.5 Å². The molecule has 3 rings (SSSR count). The first kappa shape index (κ1) is 16.5. The van der Waals surface area contributed by atoms with E-state index in [-0.39, 0.29) is 0 Å². The van der Waals surface area contributed by atoms with Crippen molar-refractivity contribution >= 4 is 21.9 Å². The lowest BCUT2D eigenvalue weighted by Gasteiger charge is -2.20. The summed E-state index contributed by atoms with van der Waals surface area (Å²) in [6, 6.07) is 21.0. The van der Waals surface area contributed by atoms with Crippen LogP contribution in [0.3, 0.4) is 0 Å². The number of carboxylic acids is 1. The summed E-state index contributed by atoms with van der Waals surface area (Å²) in [5.74, 6) is -0.823. The Balaban J connectivity index is 2.04. The van der Waals surface area contributed by atoms with Gasteiger partial charge in [0.25, 0.3) is 0 Å². The summed E-state index contributed by atoms with van der Waals surface area (Å²) in [5, 5.41) is 9.82. The quantitative estimate of drug-likeness (QED) is 0.666. The Labute approximate surface area is 149 Å². The maximum Gasteiger partial charge on any atom is 0.327 e. The van der Waals surface area contributed by atoms with E-state index in [1.165, 1.54) is 0 Å². The molecule has 0 amide bonds. The molecular weight excluding hydrogens is 366 g/mol. The molecule has 0 bridgehead atoms. The fraction of sp³-hybridized carbons (Fsp3) is 0.150. The predicted octanol–water partition coefficient (Wildman–Crippen LogP) is 5.09. The van der Waals surface area contributed by atoms with E-state index in [0.717, 1.165) is 27.0 Å². The van der Waals surface area contributed by atoms with Gasteiger partial charge in [-0.15, -0.1) is 0 Å². The summed E-state index contributed by atoms with van der Waals surface area (Å²) in [5.41, 5.74) is 3.88. The molecule has 122 valence electrons. The van der Waals surface area contributed by atoms with E-state index in [1.54, 1.807) is 0 Å². The number of carbonyl (C=O) groups is 1. The summed E-state index contributed by atoms with van der Waals surface area (Å²) in [6.45, 7) is 1.95. The van der Waals surface area contributed by atoms with Crippen LogP contribution in [-0.2, 0) is 11.2 Å². The highest BCUT2D eigenvalue weighted by Gasteiger charge is 2.24. The number of aromatic nitrogens is 1. The van der Waals surface area contributed by atoms with Gasteiger partial charge >= 0.3 is 5.97 Å². The van der Waals surface area contributed by atoms with Crippen LogP contribution in [0.2, 0.25) is 0 Å². The molecular formula is C20H18BrNO2. The molecule has 2 aromatic carbocycles. The number of aliphatic carboxylic acids is 1. The summed E-state index contributed by atoms with van der Waals surface area (Å²) in [7, 11) is 0. The van der Waals surface area contributed by atoms with Crippen molar-refractivity contribution in [2.75, 3.05) is 0 Å². The van der Waals surface area contributed by atoms with Crippen LogP contribution in [0.1, 0.15) is 17.3 Å². The number of carboxylic acid groups (broad SMARTS) is 1. The average molecular weight is 384 g/mol. The Hall–Kier alpha value is -2.33. The standard InChI is InChI=1S/C20H18BrNO2/c1-14-7-12-18(16-8-10-17(21)11-9-16)22(14)19(20(23)24)13-15-5-3-2-4-6-15/h2-12,19H,13H2,1H3,(H,23,24). The van der Waals surface area contributed by atoms with Crippen molar-refractivity contribution in [1.29, 1.82) is 0 Å². The lowest BCUT2D eigenvalue weighted by molar-refractivity contribution is -0.140. The van der Waals surface area contributed by atoms with Crippen molar-refractivity contribution in [2.45, 2.75) is 19.4 Å². The maximum absolute atomic E-state index is 12.0. The first-order chi connectivity index (χ1) is 11.6. The van der Waals surface area contributed by atoms with Crippen LogP contribution in [0.15, 0.2) is 71.2 Å². The summed E-state index contributed by atoms with van der Waals surface area (Å²) >= 11 is 3.44. The Morgan fingerprint density at radius 2 is 1.71 bits per heavy atom. The molecule has 0 spiro atoms. The van der Waals surface area contributed by atoms with E-state index in [2.05, 4.69) is 15.9 Å². The summed E-state index contributed by atoms with van der Waals surface area (Å²) in [4.78, 5) is 12.0. The zero-order valence-corrected chi connectivity index (χ0v) is 14.9. The summed E-state index contributed by atoms with van der Waals surface area (Å²) in [6.07, 6.45) is 0.454. The number of halogens is 1. The van der Waals surface area contributed by atoms with Crippen molar-refractivity contribution in [3.63, 3.8) is 0 Å². The number of hydrogen-bond acceptors (Lipinski definition) is 1. The number of benzene rings is 2. The van der Waals surface area contributed by atoms with Gasteiger partial charge in [0, 0.05) is 22.3 Å². The number of nitrogens with zero attached hydrogens (tertiary/aromatic N) is 1. The third kappa shape index (κ3) is 3.44. The molecule has 1 N–H and O–H groups in total. The van der Waals surface area contributed by atoms with Crippen LogP contribution in [0.4, 0.5) is 0 Å². The molecule has 3 nitrogen and oxygen atoms in total. The van der Waals surface area contributed by atoms with Gasteiger partial charge in [-0.3, -0.25) is 0 Å². The van der Waals surface area contributed by atoms with E-state index < -0.39 is 12.0 Å². The third-order valence-corrected chi connectivity index (χ3v) is 4.66. The molecule has 1 unspecified atom stereocenters. The van der Waals surface area contributed by atoms with Gasteiger partial charge in [-0.2, -0.15) is 0 Å². The smallest absolute Gasteiger partial charge is 0.327 e. The van der Waals surface area contributed by atoms with Crippen LogP contribution in [-0.4, -0.2) is 15.6 Å². The zero-order chi connectivity index (χ0) is 17.1. The van der Waals surface area contributed by atoms with Crippen molar-refractivity contribution in [2.24, 2.45) is 0 Å². The van der Waals surface area contributed by atoms with Gasteiger partial charge in [-0.25, -0.2) is 4.79 Å². The SMILES string of the molecule is Cc1ccc(-c2ccc(Br)cc2)n1C(Cc1ccccc1)C(=O)O. The molecule has 0 aliphatic heterocycles. The fourth-order valence-corrected chi connectivity index (χ4v) is 3.21. The molecule has 0 saturated carbocycles. The predicted molar refractivity (Wildman–Crippen MR) is 99.1 cm³/mol. The lowest BCUT2D eigenvalue weighted by atomic mass is 10.0. The fourth-order valence-electron chi connectivity index (χ4n) is 2.95. The minimum absolute atomic E-state index is 0.454. The minimum atomic E-state index is -0.823. The Morgan fingerprint density at radius 3 is 2.33 bits per heavy atom. The minimum Gasteiger partial charge on any atom is -0.480 e. The Kier molecular flexibility index (Phi) is 4.86. The van der Waals surface area contributed by atoms with Gasteiger partial charge in [-0.1, -0.05) is 58.4 Å². The molecule has 0 fully saturated rings.